The fourth-order valence-corrected chi connectivity index (χ4v) is 7.12. The zero-order valence-electron chi connectivity index (χ0n) is 37.3. The van der Waals surface area contributed by atoms with Gasteiger partial charge in [-0.1, -0.05) is 182 Å². The van der Waals surface area contributed by atoms with E-state index in [1.807, 2.05) is 158 Å². The fourth-order valence-electron chi connectivity index (χ4n) is 7.12. The summed E-state index contributed by atoms with van der Waals surface area (Å²) in [6.07, 6.45) is 0. The number of hydrogen-bond acceptors (Lipinski definition) is 3. The van der Waals surface area contributed by atoms with E-state index in [9.17, 15) is 2.74 Å². The summed E-state index contributed by atoms with van der Waals surface area (Å²) in [6, 6.07) is 47.2. The quantitative estimate of drug-likeness (QED) is 0.165. The van der Waals surface area contributed by atoms with Crippen LogP contribution in [0.3, 0.4) is 0 Å². The Morgan fingerprint density at radius 1 is 0.345 bits per heavy atom. The second kappa shape index (κ2) is 13.8. The summed E-state index contributed by atoms with van der Waals surface area (Å²) < 4.78 is 73.8. The molecule has 0 fully saturated rings. The van der Waals surface area contributed by atoms with Crippen LogP contribution in [0, 0.1) is 0 Å². The van der Waals surface area contributed by atoms with Gasteiger partial charge in [0.25, 0.3) is 0 Å². The van der Waals surface area contributed by atoms with Crippen molar-refractivity contribution < 1.29 is 11.0 Å². The molecular formula is C51H34N4. The first-order chi connectivity index (χ1) is 30.6. The van der Waals surface area contributed by atoms with Gasteiger partial charge in [-0.3, -0.25) is 0 Å². The molecule has 0 aliphatic carbocycles. The molecule has 0 unspecified atom stereocenters. The summed E-state index contributed by atoms with van der Waals surface area (Å²) in [5.74, 6) is 1.00. The maximum absolute atomic E-state index is 9.40. The van der Waals surface area contributed by atoms with Crippen LogP contribution in [-0.4, -0.2) is 19.5 Å². The molecule has 4 heteroatoms. The van der Waals surface area contributed by atoms with Crippen molar-refractivity contribution in [2.75, 3.05) is 0 Å². The monoisotopic (exact) mass is 710 g/mol. The van der Waals surface area contributed by atoms with Crippen LogP contribution in [0.5, 0.6) is 0 Å². The Kier molecular flexibility index (Phi) is 6.23. The predicted molar refractivity (Wildman–Crippen MR) is 227 cm³/mol. The second-order valence-corrected chi connectivity index (χ2v) is 13.0. The van der Waals surface area contributed by atoms with Crippen molar-refractivity contribution in [1.82, 2.24) is 19.5 Å². The van der Waals surface area contributed by atoms with Crippen LogP contribution in [0.25, 0.3) is 95.0 Å². The van der Waals surface area contributed by atoms with Crippen LogP contribution in [0.1, 0.15) is 11.0 Å². The van der Waals surface area contributed by atoms with Crippen LogP contribution in [0.2, 0.25) is 0 Å². The molecule has 4 nitrogen and oxygen atoms in total. The average Bonchev–Trinajstić information content (AvgIpc) is 3.70. The average molecular weight is 711 g/mol. The Labute approximate surface area is 331 Å². The number of aromatic nitrogens is 4. The van der Waals surface area contributed by atoms with Gasteiger partial charge in [-0.15, -0.1) is 0 Å². The number of benzene rings is 8. The second-order valence-electron chi connectivity index (χ2n) is 13.0. The number of nitrogens with zero attached hydrogens (tertiary/aromatic N) is 4. The Bertz CT molecular complexity index is 3340. The zero-order chi connectivity index (χ0) is 43.5. The van der Waals surface area contributed by atoms with Gasteiger partial charge < -0.3 is 4.57 Å². The van der Waals surface area contributed by atoms with E-state index in [0.29, 0.717) is 28.5 Å². The van der Waals surface area contributed by atoms with Crippen molar-refractivity contribution in [3.8, 4) is 73.2 Å². The van der Waals surface area contributed by atoms with E-state index in [0.717, 1.165) is 38.9 Å². The third-order valence-electron chi connectivity index (χ3n) is 9.73. The number of para-hydroxylation sites is 3. The molecule has 2 aromatic heterocycles. The molecule has 55 heavy (non-hydrogen) atoms. The Hall–Kier alpha value is -7.43. The van der Waals surface area contributed by atoms with Crippen molar-refractivity contribution in [3.63, 3.8) is 0 Å². The molecule has 0 amide bonds. The third kappa shape index (κ3) is 5.96. The van der Waals surface area contributed by atoms with E-state index < -0.39 is 48.3 Å². The summed E-state index contributed by atoms with van der Waals surface area (Å²) in [6.45, 7) is 0. The first-order valence-electron chi connectivity index (χ1n) is 21.9. The van der Waals surface area contributed by atoms with E-state index >= 15 is 0 Å². The molecule has 0 saturated carbocycles. The molecule has 0 radical (unpaired) electrons. The molecule has 0 aliphatic rings. The lowest BCUT2D eigenvalue weighted by atomic mass is 9.95. The standard InChI is InChI=1S/C51H34N4/c1-4-16-35(17-5-1)37-30-32-39(33-31-37)50-52-49(38-20-8-3-9-21-38)53-51(54-50)45-27-15-26-42(41-23-14-22-40(34-41)36-18-6-2-7-19-36)48(45)55-46-28-12-10-24-43(46)44-25-11-13-29-47(44)55/h1-34H/i10D,11D,12D,13D,24D,25D,28D,29D. The van der Waals surface area contributed by atoms with Gasteiger partial charge >= 0.3 is 0 Å². The molecule has 2 heterocycles. The zero-order valence-corrected chi connectivity index (χ0v) is 29.3. The molecule has 0 atom stereocenters. The maximum Gasteiger partial charge on any atom is 0.166 e. The minimum atomic E-state index is -0.518. The lowest BCUT2D eigenvalue weighted by Crippen LogP contribution is -2.05. The Morgan fingerprint density at radius 2 is 0.764 bits per heavy atom. The highest BCUT2D eigenvalue weighted by Gasteiger charge is 2.22. The van der Waals surface area contributed by atoms with E-state index in [2.05, 4.69) is 0 Å². The van der Waals surface area contributed by atoms with Crippen LogP contribution < -0.4 is 0 Å². The highest BCUT2D eigenvalue weighted by molar-refractivity contribution is 6.10. The van der Waals surface area contributed by atoms with Crippen molar-refractivity contribution >= 4 is 21.8 Å². The lowest BCUT2D eigenvalue weighted by molar-refractivity contribution is 1.06. The van der Waals surface area contributed by atoms with Gasteiger partial charge in [0, 0.05) is 33.0 Å². The molecule has 0 aliphatic heterocycles. The number of rotatable bonds is 7. The van der Waals surface area contributed by atoms with Gasteiger partial charge in [-0.2, -0.15) is 0 Å². The van der Waals surface area contributed by atoms with E-state index in [-0.39, 0.29) is 27.6 Å². The molecule has 8 aromatic carbocycles. The van der Waals surface area contributed by atoms with Gasteiger partial charge in [0.05, 0.1) is 27.7 Å². The van der Waals surface area contributed by atoms with E-state index in [1.165, 1.54) is 0 Å². The summed E-state index contributed by atoms with van der Waals surface area (Å²) in [5, 5.41) is -0.0526. The molecule has 10 aromatic rings. The summed E-state index contributed by atoms with van der Waals surface area (Å²) >= 11 is 0. The van der Waals surface area contributed by atoms with Crippen molar-refractivity contribution in [3.05, 3.63) is 206 Å². The van der Waals surface area contributed by atoms with Crippen LogP contribution in [0.15, 0.2) is 206 Å². The molecular weight excluding hydrogens is 669 g/mol. The third-order valence-corrected chi connectivity index (χ3v) is 9.73. The van der Waals surface area contributed by atoms with Crippen LogP contribution >= 0.6 is 0 Å². The Balaban J connectivity index is 1.34. The molecule has 0 spiro atoms. The van der Waals surface area contributed by atoms with Gasteiger partial charge in [-0.05, 0) is 52.0 Å². The van der Waals surface area contributed by atoms with E-state index in [1.54, 1.807) is 4.57 Å². The smallest absolute Gasteiger partial charge is 0.166 e. The lowest BCUT2D eigenvalue weighted by Gasteiger charge is -2.19. The van der Waals surface area contributed by atoms with Gasteiger partial charge in [0.1, 0.15) is 0 Å². The summed E-state index contributed by atoms with van der Waals surface area (Å²) in [7, 11) is 0. The van der Waals surface area contributed by atoms with Crippen LogP contribution in [-0.2, 0) is 0 Å². The SMILES string of the molecule is [2H]c1c([2H])c([2H])c2c(c1[2H])c1c([2H])c([2H])c([2H])c([2H])c1n2-c1c(-c2cccc(-c3ccccc3)c2)cccc1-c1nc(-c2ccccc2)nc(-c2ccc(-c3ccccc3)cc2)n1. The predicted octanol–water partition coefficient (Wildman–Crippen LogP) is 13.0. The van der Waals surface area contributed by atoms with Gasteiger partial charge in [0.2, 0.25) is 0 Å². The first kappa shape index (κ1) is 24.7. The highest BCUT2D eigenvalue weighted by Crippen LogP contribution is 2.42. The minimum Gasteiger partial charge on any atom is -0.308 e. The molecule has 10 rings (SSSR count). The van der Waals surface area contributed by atoms with Crippen molar-refractivity contribution in [2.24, 2.45) is 0 Å². The molecule has 258 valence electrons. The van der Waals surface area contributed by atoms with Gasteiger partial charge in [-0.25, -0.2) is 15.0 Å². The van der Waals surface area contributed by atoms with E-state index in [4.69, 9.17) is 23.2 Å². The van der Waals surface area contributed by atoms with Gasteiger partial charge in [0.15, 0.2) is 17.5 Å². The largest absolute Gasteiger partial charge is 0.308 e. The maximum atomic E-state index is 9.40. The topological polar surface area (TPSA) is 43.6 Å². The summed E-state index contributed by atoms with van der Waals surface area (Å²) in [5.41, 5.74) is 7.53. The molecule has 0 saturated heterocycles. The number of hydrogen-bond donors (Lipinski definition) is 0. The highest BCUT2D eigenvalue weighted by atomic mass is 15.1. The minimum absolute atomic E-state index is 0.00928. The summed E-state index contributed by atoms with van der Waals surface area (Å²) in [4.78, 5) is 15.2. The fraction of sp³-hybridized carbons (Fsp3) is 0. The first-order valence-corrected chi connectivity index (χ1v) is 17.9. The normalized spacial score (nSPS) is 13.3. The Morgan fingerprint density at radius 3 is 1.38 bits per heavy atom. The van der Waals surface area contributed by atoms with Crippen LogP contribution in [0.4, 0.5) is 0 Å². The van der Waals surface area contributed by atoms with Crippen molar-refractivity contribution in [2.45, 2.75) is 0 Å². The number of fused-ring (bicyclic) bond motifs is 3. The molecule has 0 bridgehead atoms. The van der Waals surface area contributed by atoms with Crippen molar-refractivity contribution in [1.29, 1.82) is 0 Å². The molecule has 0 N–H and O–H groups in total.